The Hall–Kier alpha value is -3.35. The number of carbonyl (C=O) groups excluding carboxylic acids is 2. The van der Waals surface area contributed by atoms with Gasteiger partial charge in [0.1, 0.15) is 11.8 Å². The van der Waals surface area contributed by atoms with Crippen molar-refractivity contribution in [1.82, 2.24) is 5.32 Å². The van der Waals surface area contributed by atoms with Crippen LogP contribution in [0.4, 0.5) is 5.69 Å². The molecule has 0 aliphatic rings. The number of carbonyl (C=O) groups is 3. The summed E-state index contributed by atoms with van der Waals surface area (Å²) in [5, 5.41) is 14.6. The molecule has 1 atom stereocenters. The molecule has 7 nitrogen and oxygen atoms in total. The minimum Gasteiger partial charge on any atom is -0.496 e. The van der Waals surface area contributed by atoms with Crippen LogP contribution in [0.25, 0.3) is 0 Å². The van der Waals surface area contributed by atoms with Crippen molar-refractivity contribution in [2.45, 2.75) is 26.8 Å². The standard InChI is InChI=1S/C21H24N2O5/c1-12(2)18(23-19(24)16-7-5-6-8-17(16)28-4)20(25)22-14-9-10-15(21(26)27)13(3)11-14/h5-12,18H,1-4H3,(H,22,25)(H,23,24)(H,26,27). The van der Waals surface area contributed by atoms with Crippen LogP contribution < -0.4 is 15.4 Å². The monoisotopic (exact) mass is 384 g/mol. The van der Waals surface area contributed by atoms with Crippen molar-refractivity contribution < 1.29 is 24.2 Å². The van der Waals surface area contributed by atoms with E-state index in [1.165, 1.54) is 19.2 Å². The predicted molar refractivity (Wildman–Crippen MR) is 106 cm³/mol. The lowest BCUT2D eigenvalue weighted by Gasteiger charge is -2.22. The Morgan fingerprint density at radius 1 is 1.04 bits per heavy atom. The van der Waals surface area contributed by atoms with Gasteiger partial charge in [0.2, 0.25) is 5.91 Å². The number of carboxylic acid groups (broad SMARTS) is 1. The largest absolute Gasteiger partial charge is 0.496 e. The molecular weight excluding hydrogens is 360 g/mol. The van der Waals surface area contributed by atoms with Gasteiger partial charge in [-0.2, -0.15) is 0 Å². The molecule has 148 valence electrons. The molecule has 0 spiro atoms. The number of hydrogen-bond acceptors (Lipinski definition) is 4. The normalized spacial score (nSPS) is 11.6. The molecule has 0 aromatic heterocycles. The van der Waals surface area contributed by atoms with Crippen molar-refractivity contribution in [3.8, 4) is 5.75 Å². The number of anilines is 1. The fourth-order valence-corrected chi connectivity index (χ4v) is 2.79. The number of amides is 2. The summed E-state index contributed by atoms with van der Waals surface area (Å²) in [6.07, 6.45) is 0. The van der Waals surface area contributed by atoms with Crippen molar-refractivity contribution in [3.05, 3.63) is 59.2 Å². The van der Waals surface area contributed by atoms with E-state index in [2.05, 4.69) is 10.6 Å². The zero-order valence-corrected chi connectivity index (χ0v) is 16.3. The number of benzene rings is 2. The third-order valence-electron chi connectivity index (χ3n) is 4.31. The second-order valence-corrected chi connectivity index (χ2v) is 6.72. The summed E-state index contributed by atoms with van der Waals surface area (Å²) < 4.78 is 5.20. The zero-order chi connectivity index (χ0) is 20.8. The molecule has 28 heavy (non-hydrogen) atoms. The summed E-state index contributed by atoms with van der Waals surface area (Å²) in [5.41, 5.74) is 1.50. The van der Waals surface area contributed by atoms with E-state index < -0.39 is 17.9 Å². The van der Waals surface area contributed by atoms with Gasteiger partial charge in [0.25, 0.3) is 5.91 Å². The van der Waals surface area contributed by atoms with Gasteiger partial charge >= 0.3 is 5.97 Å². The average Bonchev–Trinajstić information content (AvgIpc) is 2.65. The van der Waals surface area contributed by atoms with Crippen LogP contribution in [0.3, 0.4) is 0 Å². The first kappa shape index (κ1) is 21.0. The van der Waals surface area contributed by atoms with Gasteiger partial charge in [-0.1, -0.05) is 26.0 Å². The second kappa shape index (κ2) is 9.03. The number of rotatable bonds is 7. The molecule has 2 amide bonds. The molecule has 0 saturated heterocycles. The maximum absolute atomic E-state index is 12.7. The van der Waals surface area contributed by atoms with Crippen LogP contribution >= 0.6 is 0 Å². The molecule has 3 N–H and O–H groups in total. The molecule has 0 aliphatic heterocycles. The van der Waals surface area contributed by atoms with Crippen LogP contribution in [-0.2, 0) is 4.79 Å². The van der Waals surface area contributed by atoms with Gasteiger partial charge in [0.15, 0.2) is 0 Å². The molecular formula is C21H24N2O5. The van der Waals surface area contributed by atoms with E-state index in [-0.39, 0.29) is 17.4 Å². The summed E-state index contributed by atoms with van der Waals surface area (Å²) in [5.74, 6) is -1.58. The molecule has 1 unspecified atom stereocenters. The number of methoxy groups -OCH3 is 1. The number of ether oxygens (including phenoxy) is 1. The summed E-state index contributed by atoms with van der Waals surface area (Å²) in [6.45, 7) is 5.31. The van der Waals surface area contributed by atoms with E-state index in [0.717, 1.165) is 0 Å². The van der Waals surface area contributed by atoms with E-state index in [4.69, 9.17) is 9.84 Å². The van der Waals surface area contributed by atoms with Gasteiger partial charge in [0.05, 0.1) is 18.2 Å². The third-order valence-corrected chi connectivity index (χ3v) is 4.31. The number of aromatic carboxylic acids is 1. The van der Waals surface area contributed by atoms with E-state index in [9.17, 15) is 14.4 Å². The maximum atomic E-state index is 12.7. The summed E-state index contributed by atoms with van der Waals surface area (Å²) in [6, 6.07) is 10.5. The number of hydrogen-bond donors (Lipinski definition) is 3. The number of para-hydroxylation sites is 1. The lowest BCUT2D eigenvalue weighted by Crippen LogP contribution is -2.47. The minimum absolute atomic E-state index is 0.168. The van der Waals surface area contributed by atoms with Crippen molar-refractivity contribution in [2.75, 3.05) is 12.4 Å². The smallest absolute Gasteiger partial charge is 0.335 e. The van der Waals surface area contributed by atoms with Crippen LogP contribution in [-0.4, -0.2) is 36.0 Å². The summed E-state index contributed by atoms with van der Waals surface area (Å²) in [7, 11) is 1.47. The Labute approximate surface area is 163 Å². The molecule has 2 aromatic rings. The first-order valence-corrected chi connectivity index (χ1v) is 8.83. The fraction of sp³-hybridized carbons (Fsp3) is 0.286. The highest BCUT2D eigenvalue weighted by molar-refractivity contribution is 6.02. The highest BCUT2D eigenvalue weighted by Gasteiger charge is 2.26. The fourth-order valence-electron chi connectivity index (χ4n) is 2.79. The predicted octanol–water partition coefficient (Wildman–Crippen LogP) is 3.09. The van der Waals surface area contributed by atoms with Crippen LogP contribution in [0.2, 0.25) is 0 Å². The Bertz CT molecular complexity index is 892. The third kappa shape index (κ3) is 4.88. The number of carboxylic acids is 1. The molecule has 0 radical (unpaired) electrons. The van der Waals surface area contributed by atoms with Crippen LogP contribution in [0.1, 0.15) is 40.1 Å². The van der Waals surface area contributed by atoms with E-state index in [1.54, 1.807) is 37.3 Å². The number of aryl methyl sites for hydroxylation is 1. The van der Waals surface area contributed by atoms with Gasteiger partial charge in [-0.15, -0.1) is 0 Å². The zero-order valence-electron chi connectivity index (χ0n) is 16.3. The molecule has 0 aliphatic carbocycles. The molecule has 0 saturated carbocycles. The van der Waals surface area contributed by atoms with Gasteiger partial charge in [-0.25, -0.2) is 4.79 Å². The minimum atomic E-state index is -1.03. The van der Waals surface area contributed by atoms with Gasteiger partial charge in [-0.05, 0) is 48.7 Å². The Balaban J connectivity index is 2.17. The van der Waals surface area contributed by atoms with Crippen LogP contribution in [0.15, 0.2) is 42.5 Å². The highest BCUT2D eigenvalue weighted by Crippen LogP contribution is 2.19. The second-order valence-electron chi connectivity index (χ2n) is 6.72. The average molecular weight is 384 g/mol. The van der Waals surface area contributed by atoms with E-state index in [1.807, 2.05) is 13.8 Å². The summed E-state index contributed by atoms with van der Waals surface area (Å²) in [4.78, 5) is 36.5. The Morgan fingerprint density at radius 3 is 2.29 bits per heavy atom. The Morgan fingerprint density at radius 2 is 1.71 bits per heavy atom. The lowest BCUT2D eigenvalue weighted by atomic mass is 10.0. The lowest BCUT2D eigenvalue weighted by molar-refractivity contribution is -0.118. The van der Waals surface area contributed by atoms with Gasteiger partial charge in [-0.3, -0.25) is 9.59 Å². The van der Waals surface area contributed by atoms with E-state index >= 15 is 0 Å². The highest BCUT2D eigenvalue weighted by atomic mass is 16.5. The topological polar surface area (TPSA) is 105 Å². The molecule has 2 rings (SSSR count). The summed E-state index contributed by atoms with van der Waals surface area (Å²) >= 11 is 0. The van der Waals surface area contributed by atoms with Gasteiger partial charge < -0.3 is 20.5 Å². The van der Waals surface area contributed by atoms with Gasteiger partial charge in [0, 0.05) is 5.69 Å². The molecule has 0 fully saturated rings. The SMILES string of the molecule is COc1ccccc1C(=O)NC(C(=O)Nc1ccc(C(=O)O)c(C)c1)C(C)C. The van der Waals surface area contributed by atoms with Crippen LogP contribution in [0, 0.1) is 12.8 Å². The van der Waals surface area contributed by atoms with Crippen molar-refractivity contribution >= 4 is 23.5 Å². The molecule has 0 bridgehead atoms. The van der Waals surface area contributed by atoms with Crippen molar-refractivity contribution in [2.24, 2.45) is 5.92 Å². The van der Waals surface area contributed by atoms with Crippen LogP contribution in [0.5, 0.6) is 5.75 Å². The van der Waals surface area contributed by atoms with Crippen molar-refractivity contribution in [1.29, 1.82) is 0 Å². The number of nitrogens with one attached hydrogen (secondary N) is 2. The van der Waals surface area contributed by atoms with Crippen molar-refractivity contribution in [3.63, 3.8) is 0 Å². The maximum Gasteiger partial charge on any atom is 0.335 e. The molecule has 0 heterocycles. The van der Waals surface area contributed by atoms with E-state index in [0.29, 0.717) is 22.6 Å². The molecule has 7 heteroatoms. The molecule has 2 aromatic carbocycles. The first-order valence-electron chi connectivity index (χ1n) is 8.83. The Kier molecular flexibility index (Phi) is 6.76. The first-order chi connectivity index (χ1) is 13.2. The quantitative estimate of drug-likeness (QED) is 0.680.